The zero-order chi connectivity index (χ0) is 16.9. The zero-order valence-electron chi connectivity index (χ0n) is 12.2. The summed E-state index contributed by atoms with van der Waals surface area (Å²) >= 11 is 0. The second-order valence-electron chi connectivity index (χ2n) is 6.47. The molecule has 23 heavy (non-hydrogen) atoms. The van der Waals surface area contributed by atoms with E-state index in [0.717, 1.165) is 6.42 Å². The van der Waals surface area contributed by atoms with E-state index in [1.54, 1.807) is 0 Å². The van der Waals surface area contributed by atoms with Crippen LogP contribution in [-0.2, 0) is 9.68 Å². The van der Waals surface area contributed by atoms with E-state index in [1.165, 1.54) is 0 Å². The number of hydrogen-bond acceptors (Lipinski definition) is 9. The Morgan fingerprint density at radius 1 is 1.00 bits per heavy atom. The molecule has 0 unspecified atom stereocenters. The van der Waals surface area contributed by atoms with Crippen molar-refractivity contribution >= 4 is 0 Å². The van der Waals surface area contributed by atoms with Crippen LogP contribution in [0.4, 0.5) is 0 Å². The minimum absolute atomic E-state index is 0.298. The highest BCUT2D eigenvalue weighted by Gasteiger charge is 2.77. The quantitative estimate of drug-likeness (QED) is 0.392. The lowest BCUT2D eigenvalue weighted by atomic mass is 9.77. The van der Waals surface area contributed by atoms with E-state index in [9.17, 15) is 30.3 Å². The molecule has 3 rings (SSSR count). The Kier molecular flexibility index (Phi) is 3.50. The first-order valence-corrected chi connectivity index (χ1v) is 7.33. The summed E-state index contributed by atoms with van der Waals surface area (Å²) in [4.78, 5) is 41.9. The maximum Gasteiger partial charge on any atom is 0.569 e. The normalized spacial score (nSPS) is 27.1. The summed E-state index contributed by atoms with van der Waals surface area (Å²) in [5.74, 6) is -2.76. The minimum atomic E-state index is -2.76. The van der Waals surface area contributed by atoms with Crippen LogP contribution in [0, 0.1) is 30.3 Å². The van der Waals surface area contributed by atoms with Gasteiger partial charge in [0, 0.05) is 4.92 Å². The predicted octanol–water partition coefficient (Wildman–Crippen LogP) is 0.885. The number of nitro groups is 3. The molecule has 0 amide bonds. The highest BCUT2D eigenvalue weighted by Crippen LogP contribution is 2.52. The van der Waals surface area contributed by atoms with E-state index in [0.29, 0.717) is 37.3 Å². The van der Waals surface area contributed by atoms with Crippen molar-refractivity contribution < 1.29 is 24.4 Å². The molecule has 0 aromatic heterocycles. The van der Waals surface area contributed by atoms with Crippen LogP contribution in [0.2, 0.25) is 0 Å². The maximum atomic E-state index is 11.4. The Labute approximate surface area is 129 Å². The Balaban J connectivity index is 1.89. The second-order valence-corrected chi connectivity index (χ2v) is 6.47. The van der Waals surface area contributed by atoms with Gasteiger partial charge in [-0.25, -0.2) is 4.84 Å². The fourth-order valence-corrected chi connectivity index (χ4v) is 3.30. The molecule has 0 bridgehead atoms. The number of nitrogens with zero attached hydrogens (tertiary/aromatic N) is 4. The molecule has 2 aliphatic carbocycles. The molecule has 1 saturated heterocycles. The lowest BCUT2D eigenvalue weighted by molar-refractivity contribution is -0.854. The third-order valence-electron chi connectivity index (χ3n) is 4.94. The maximum absolute atomic E-state index is 11.4. The molecule has 1 aliphatic heterocycles. The van der Waals surface area contributed by atoms with Crippen LogP contribution < -0.4 is 0 Å². The number of rotatable bonds is 6. The molecule has 2 saturated carbocycles. The molecule has 0 atom stereocenters. The van der Waals surface area contributed by atoms with Gasteiger partial charge in [0.15, 0.2) is 5.60 Å². The minimum Gasteiger partial charge on any atom is -0.264 e. The summed E-state index contributed by atoms with van der Waals surface area (Å²) in [7, 11) is 0. The van der Waals surface area contributed by atoms with Crippen molar-refractivity contribution in [2.24, 2.45) is 0 Å². The molecule has 3 fully saturated rings. The van der Waals surface area contributed by atoms with Crippen molar-refractivity contribution in [2.45, 2.75) is 61.9 Å². The van der Waals surface area contributed by atoms with Gasteiger partial charge in [-0.2, -0.15) is 0 Å². The van der Waals surface area contributed by atoms with E-state index in [2.05, 4.69) is 0 Å². The summed E-state index contributed by atoms with van der Waals surface area (Å²) in [5, 5.41) is 34.0. The first-order valence-electron chi connectivity index (χ1n) is 7.33. The van der Waals surface area contributed by atoms with Crippen molar-refractivity contribution in [3.63, 3.8) is 0 Å². The highest BCUT2D eigenvalue weighted by molar-refractivity contribution is 4.97. The Morgan fingerprint density at radius 2 is 1.57 bits per heavy atom. The molecule has 1 heterocycles. The molecule has 12 heteroatoms. The van der Waals surface area contributed by atoms with E-state index in [1.807, 2.05) is 0 Å². The summed E-state index contributed by atoms with van der Waals surface area (Å²) in [6.45, 7) is -0.578. The molecule has 1 spiro atoms. The van der Waals surface area contributed by atoms with E-state index in [4.69, 9.17) is 9.68 Å². The summed E-state index contributed by atoms with van der Waals surface area (Å²) in [6, 6.07) is 0. The molecule has 0 radical (unpaired) electrons. The lowest BCUT2D eigenvalue weighted by Gasteiger charge is -2.40. The Hall–Kier alpha value is -1.92. The SMILES string of the molecule is O=[N+]([O-])CC1(ON2OC3(CCC3)CC2([N+](=O)[O-])[N+](=O)[O-])CCC1. The van der Waals surface area contributed by atoms with Gasteiger partial charge in [-0.05, 0) is 38.5 Å². The zero-order valence-corrected chi connectivity index (χ0v) is 12.2. The smallest absolute Gasteiger partial charge is 0.264 e. The van der Waals surface area contributed by atoms with Gasteiger partial charge in [0.1, 0.15) is 21.9 Å². The fourth-order valence-electron chi connectivity index (χ4n) is 3.30. The van der Waals surface area contributed by atoms with Crippen LogP contribution in [0.15, 0.2) is 0 Å². The molecule has 0 aromatic rings. The van der Waals surface area contributed by atoms with Gasteiger partial charge < -0.3 is 0 Å². The van der Waals surface area contributed by atoms with Crippen molar-refractivity contribution in [1.82, 2.24) is 5.23 Å². The molecule has 3 aliphatic rings. The van der Waals surface area contributed by atoms with Gasteiger partial charge in [0.05, 0.1) is 5.23 Å². The largest absolute Gasteiger partial charge is 0.569 e. The number of hydroxylamine groups is 2. The average Bonchev–Trinajstić information content (AvgIpc) is 2.72. The average molecular weight is 332 g/mol. The lowest BCUT2D eigenvalue weighted by Crippen LogP contribution is -2.60. The highest BCUT2D eigenvalue weighted by atomic mass is 17.0. The summed E-state index contributed by atoms with van der Waals surface area (Å²) < 4.78 is 0. The van der Waals surface area contributed by atoms with Crippen molar-refractivity contribution in [2.75, 3.05) is 6.54 Å². The van der Waals surface area contributed by atoms with Crippen LogP contribution >= 0.6 is 0 Å². The molecule has 0 N–H and O–H groups in total. The Bertz CT molecular complexity index is 544. The van der Waals surface area contributed by atoms with Gasteiger partial charge in [-0.1, -0.05) is 0 Å². The van der Waals surface area contributed by atoms with Gasteiger partial charge >= 0.3 is 5.79 Å². The van der Waals surface area contributed by atoms with E-state index < -0.39 is 44.7 Å². The number of hydrogen-bond donors (Lipinski definition) is 0. The van der Waals surface area contributed by atoms with Crippen LogP contribution in [0.3, 0.4) is 0 Å². The van der Waals surface area contributed by atoms with E-state index >= 15 is 0 Å². The molecule has 0 aromatic carbocycles. The van der Waals surface area contributed by atoms with Gasteiger partial charge in [0.25, 0.3) is 0 Å². The van der Waals surface area contributed by atoms with Crippen molar-refractivity contribution in [3.05, 3.63) is 30.3 Å². The standard InChI is InChI=1S/C11H16N4O8/c16-12(17)8-10(5-2-6-10)23-15-11(13(18)19,14(20)21)7-9(22-15)3-1-4-9/h1-8H2. The molecule has 128 valence electrons. The first-order chi connectivity index (χ1) is 10.7. The Morgan fingerprint density at radius 3 is 1.91 bits per heavy atom. The third kappa shape index (κ3) is 2.33. The van der Waals surface area contributed by atoms with Gasteiger partial charge in [0.2, 0.25) is 6.54 Å². The molecular weight excluding hydrogens is 316 g/mol. The molecule has 12 nitrogen and oxygen atoms in total. The van der Waals surface area contributed by atoms with Crippen molar-refractivity contribution in [3.8, 4) is 0 Å². The van der Waals surface area contributed by atoms with Crippen LogP contribution in [0.25, 0.3) is 0 Å². The topological polar surface area (TPSA) is 151 Å². The monoisotopic (exact) mass is 332 g/mol. The van der Waals surface area contributed by atoms with Crippen LogP contribution in [0.5, 0.6) is 0 Å². The summed E-state index contributed by atoms with van der Waals surface area (Å²) in [5.41, 5.74) is -2.27. The first kappa shape index (κ1) is 16.0. The fraction of sp³-hybridized carbons (Fsp3) is 1.00. The summed E-state index contributed by atoms with van der Waals surface area (Å²) in [6.07, 6.45) is 2.47. The predicted molar refractivity (Wildman–Crippen MR) is 70.4 cm³/mol. The van der Waals surface area contributed by atoms with Crippen LogP contribution in [-0.4, -0.2) is 43.5 Å². The third-order valence-corrected chi connectivity index (χ3v) is 4.94. The van der Waals surface area contributed by atoms with Crippen molar-refractivity contribution in [1.29, 1.82) is 0 Å². The second kappa shape index (κ2) is 5.04. The van der Waals surface area contributed by atoms with E-state index in [-0.39, 0.29) is 0 Å². The molecular formula is C11H16N4O8. The van der Waals surface area contributed by atoms with Gasteiger partial charge in [-0.15, -0.1) is 0 Å². The van der Waals surface area contributed by atoms with Gasteiger partial charge in [-0.3, -0.25) is 35.2 Å². The van der Waals surface area contributed by atoms with Crippen LogP contribution in [0.1, 0.15) is 44.9 Å².